The zero-order valence-corrected chi connectivity index (χ0v) is 11.1. The maximum Gasteiger partial charge on any atom is 0.357 e. The van der Waals surface area contributed by atoms with Gasteiger partial charge >= 0.3 is 5.97 Å². The first-order valence-corrected chi connectivity index (χ1v) is 5.82. The summed E-state index contributed by atoms with van der Waals surface area (Å²) >= 11 is 1.95. The van der Waals surface area contributed by atoms with Crippen molar-refractivity contribution in [2.24, 2.45) is 0 Å². The number of carbonyl (C=O) groups is 1. The second-order valence-corrected chi connectivity index (χ2v) is 4.44. The summed E-state index contributed by atoms with van der Waals surface area (Å²) in [6.45, 7) is 0. The fourth-order valence-electron chi connectivity index (χ4n) is 1.38. The van der Waals surface area contributed by atoms with Gasteiger partial charge in [-0.25, -0.2) is 9.48 Å². The Morgan fingerprint density at radius 2 is 2.29 bits per heavy atom. The van der Waals surface area contributed by atoms with Crippen LogP contribution in [0.4, 0.5) is 0 Å². The number of hydrogen-bond acceptors (Lipinski definition) is 3. The number of methoxy groups -OCH3 is 1. The molecule has 2 aromatic rings. The number of aromatic nitrogens is 2. The molecule has 0 aliphatic carbocycles. The molecular weight excluding hydrogens is 335 g/mol. The van der Waals surface area contributed by atoms with Crippen LogP contribution in [0.3, 0.4) is 0 Å². The summed E-state index contributed by atoms with van der Waals surface area (Å²) in [6, 6.07) is 7.26. The van der Waals surface area contributed by atoms with Gasteiger partial charge in [-0.15, -0.1) is 0 Å². The van der Waals surface area contributed by atoms with Crippen LogP contribution in [0, 0.1) is 3.57 Å². The van der Waals surface area contributed by atoms with Crippen LogP contribution in [-0.4, -0.2) is 28.0 Å². The highest BCUT2D eigenvalue weighted by atomic mass is 127. The second kappa shape index (κ2) is 4.74. The molecule has 0 saturated heterocycles. The minimum atomic E-state index is -1.03. The lowest BCUT2D eigenvalue weighted by molar-refractivity contribution is 0.0689. The van der Waals surface area contributed by atoms with Crippen LogP contribution >= 0.6 is 22.6 Å². The molecule has 0 amide bonds. The molecule has 0 radical (unpaired) electrons. The van der Waals surface area contributed by atoms with Gasteiger partial charge in [0, 0.05) is 12.3 Å². The molecule has 0 unspecified atom stereocenters. The van der Waals surface area contributed by atoms with E-state index in [1.54, 1.807) is 19.4 Å². The molecule has 0 aliphatic rings. The zero-order chi connectivity index (χ0) is 12.4. The van der Waals surface area contributed by atoms with Gasteiger partial charge in [0.15, 0.2) is 5.69 Å². The molecule has 0 spiro atoms. The molecule has 0 bridgehead atoms. The van der Waals surface area contributed by atoms with E-state index in [9.17, 15) is 4.79 Å². The number of benzene rings is 1. The molecule has 0 fully saturated rings. The van der Waals surface area contributed by atoms with Crippen molar-refractivity contribution >= 4 is 28.6 Å². The number of halogens is 1. The first-order valence-electron chi connectivity index (χ1n) is 4.74. The predicted octanol–water partition coefficient (Wildman–Crippen LogP) is 2.18. The second-order valence-electron chi connectivity index (χ2n) is 3.28. The third-order valence-corrected chi connectivity index (χ3v) is 2.98. The fourth-order valence-corrected chi connectivity index (χ4v) is 1.99. The lowest BCUT2D eigenvalue weighted by atomic mass is 10.3. The number of hydrogen-bond donors (Lipinski definition) is 1. The van der Waals surface area contributed by atoms with Gasteiger partial charge in [0.2, 0.25) is 0 Å². The molecule has 1 aromatic carbocycles. The highest BCUT2D eigenvalue weighted by molar-refractivity contribution is 14.1. The zero-order valence-electron chi connectivity index (χ0n) is 8.92. The standard InChI is InChI=1S/C11H9IN2O3/c1-17-8-4-2-3-7(5-8)14-6-9(12)10(13-14)11(15)16/h2-6H,1H3,(H,15,16). The van der Waals surface area contributed by atoms with Gasteiger partial charge < -0.3 is 9.84 Å². The highest BCUT2D eigenvalue weighted by Crippen LogP contribution is 2.18. The van der Waals surface area contributed by atoms with Crippen LogP contribution < -0.4 is 4.74 Å². The van der Waals surface area contributed by atoms with Crippen LogP contribution in [0.2, 0.25) is 0 Å². The SMILES string of the molecule is COc1cccc(-n2cc(I)c(C(=O)O)n2)c1. The topological polar surface area (TPSA) is 64.3 Å². The largest absolute Gasteiger partial charge is 0.497 e. The van der Waals surface area contributed by atoms with E-state index < -0.39 is 5.97 Å². The first kappa shape index (κ1) is 11.9. The quantitative estimate of drug-likeness (QED) is 0.867. The van der Waals surface area contributed by atoms with Crippen molar-refractivity contribution in [3.63, 3.8) is 0 Å². The molecule has 0 aliphatic heterocycles. The lowest BCUT2D eigenvalue weighted by Gasteiger charge is -2.03. The van der Waals surface area contributed by atoms with Crippen LogP contribution in [-0.2, 0) is 0 Å². The minimum absolute atomic E-state index is 0.0495. The van der Waals surface area contributed by atoms with E-state index in [0.29, 0.717) is 9.32 Å². The third-order valence-electron chi connectivity index (χ3n) is 2.19. The molecule has 2 rings (SSSR count). The number of aromatic carboxylic acids is 1. The lowest BCUT2D eigenvalue weighted by Crippen LogP contribution is -2.01. The van der Waals surface area contributed by atoms with Gasteiger partial charge in [0.25, 0.3) is 0 Å². The summed E-state index contributed by atoms with van der Waals surface area (Å²) in [4.78, 5) is 10.9. The Bertz CT molecular complexity index is 566. The van der Waals surface area contributed by atoms with Crippen LogP contribution in [0.25, 0.3) is 5.69 Å². The summed E-state index contributed by atoms with van der Waals surface area (Å²) in [5, 5.41) is 12.9. The van der Waals surface area contributed by atoms with Gasteiger partial charge in [-0.1, -0.05) is 6.07 Å². The van der Waals surface area contributed by atoms with Gasteiger partial charge in [-0.05, 0) is 34.7 Å². The van der Waals surface area contributed by atoms with E-state index in [2.05, 4.69) is 5.10 Å². The van der Waals surface area contributed by atoms with E-state index in [4.69, 9.17) is 9.84 Å². The van der Waals surface area contributed by atoms with Crippen LogP contribution in [0.15, 0.2) is 30.5 Å². The Hall–Kier alpha value is -1.57. The van der Waals surface area contributed by atoms with Gasteiger partial charge in [-0.3, -0.25) is 0 Å². The van der Waals surface area contributed by atoms with Crippen LogP contribution in [0.5, 0.6) is 5.75 Å². The molecule has 0 saturated carbocycles. The molecule has 6 heteroatoms. The maximum atomic E-state index is 10.9. The Morgan fingerprint density at radius 3 is 2.88 bits per heavy atom. The number of carboxylic acid groups (broad SMARTS) is 1. The average molecular weight is 344 g/mol. The minimum Gasteiger partial charge on any atom is -0.497 e. The predicted molar refractivity (Wildman–Crippen MR) is 69.8 cm³/mol. The van der Waals surface area contributed by atoms with Crippen molar-refractivity contribution in [3.8, 4) is 11.4 Å². The van der Waals surface area contributed by atoms with Crippen molar-refractivity contribution in [1.82, 2.24) is 9.78 Å². The van der Waals surface area contributed by atoms with Gasteiger partial charge in [0.05, 0.1) is 16.4 Å². The summed E-state index contributed by atoms with van der Waals surface area (Å²) < 4.78 is 7.22. The first-order chi connectivity index (χ1) is 8.11. The Kier molecular flexibility index (Phi) is 3.32. The summed E-state index contributed by atoms with van der Waals surface area (Å²) in [7, 11) is 1.58. The Morgan fingerprint density at radius 1 is 1.53 bits per heavy atom. The van der Waals surface area contributed by atoms with Crippen molar-refractivity contribution in [2.45, 2.75) is 0 Å². The smallest absolute Gasteiger partial charge is 0.357 e. The average Bonchev–Trinajstić information content (AvgIpc) is 2.71. The molecule has 1 heterocycles. The summed E-state index contributed by atoms with van der Waals surface area (Å²) in [6.07, 6.45) is 1.67. The van der Waals surface area contributed by atoms with Crippen molar-refractivity contribution < 1.29 is 14.6 Å². The number of ether oxygens (including phenoxy) is 1. The summed E-state index contributed by atoms with van der Waals surface area (Å²) in [5.74, 6) is -0.332. The van der Waals surface area contributed by atoms with E-state index in [-0.39, 0.29) is 5.69 Å². The Labute approximate surface area is 111 Å². The molecule has 88 valence electrons. The molecule has 17 heavy (non-hydrogen) atoms. The van der Waals surface area contributed by atoms with E-state index in [0.717, 1.165) is 5.69 Å². The third kappa shape index (κ3) is 2.41. The number of rotatable bonds is 3. The monoisotopic (exact) mass is 344 g/mol. The summed E-state index contributed by atoms with van der Waals surface area (Å²) in [5.41, 5.74) is 0.809. The van der Waals surface area contributed by atoms with Crippen molar-refractivity contribution in [1.29, 1.82) is 0 Å². The molecule has 1 N–H and O–H groups in total. The van der Waals surface area contributed by atoms with Crippen molar-refractivity contribution in [3.05, 3.63) is 39.7 Å². The number of nitrogens with zero attached hydrogens (tertiary/aromatic N) is 2. The van der Waals surface area contributed by atoms with E-state index in [1.807, 2.05) is 40.8 Å². The maximum absolute atomic E-state index is 10.9. The van der Waals surface area contributed by atoms with E-state index >= 15 is 0 Å². The van der Waals surface area contributed by atoms with Gasteiger partial charge in [0.1, 0.15) is 5.75 Å². The van der Waals surface area contributed by atoms with E-state index in [1.165, 1.54) is 4.68 Å². The normalized spacial score (nSPS) is 10.2. The Balaban J connectivity index is 2.46. The van der Waals surface area contributed by atoms with Crippen molar-refractivity contribution in [2.75, 3.05) is 7.11 Å². The fraction of sp³-hybridized carbons (Fsp3) is 0.0909. The molecule has 0 atom stereocenters. The van der Waals surface area contributed by atoms with Gasteiger partial charge in [-0.2, -0.15) is 5.10 Å². The highest BCUT2D eigenvalue weighted by Gasteiger charge is 2.14. The molecular formula is C11H9IN2O3. The molecule has 5 nitrogen and oxygen atoms in total. The van der Waals surface area contributed by atoms with Crippen LogP contribution in [0.1, 0.15) is 10.5 Å². The number of carboxylic acids is 1. The molecule has 1 aromatic heterocycles.